The van der Waals surface area contributed by atoms with Gasteiger partial charge in [-0.15, -0.1) is 10.2 Å². The fraction of sp³-hybridized carbons (Fsp3) is 0.375. The second-order valence-corrected chi connectivity index (χ2v) is 8.69. The second-order valence-electron chi connectivity index (χ2n) is 4.98. The van der Waals surface area contributed by atoms with Crippen LogP contribution in [0.3, 0.4) is 0 Å². The van der Waals surface area contributed by atoms with Crippen LogP contribution in [0.2, 0.25) is 0 Å². The number of carbonyl (C=O) groups is 2. The van der Waals surface area contributed by atoms with Gasteiger partial charge in [0.2, 0.25) is 5.91 Å². The Hall–Kier alpha value is -1.38. The van der Waals surface area contributed by atoms with Gasteiger partial charge < -0.3 is 5.32 Å². The molecule has 1 N–H and O–H groups in total. The Labute approximate surface area is 154 Å². The minimum atomic E-state index is -0.499. The van der Waals surface area contributed by atoms with E-state index in [2.05, 4.69) is 22.4 Å². The Morgan fingerprint density at radius 2 is 1.83 bits per heavy atom. The number of ketones is 1. The average Bonchev–Trinajstić information content (AvgIpc) is 3.01. The summed E-state index contributed by atoms with van der Waals surface area (Å²) in [5, 5.41) is 10.9. The Morgan fingerprint density at radius 3 is 2.46 bits per heavy atom. The van der Waals surface area contributed by atoms with Crippen molar-refractivity contribution in [3.05, 3.63) is 35.9 Å². The lowest BCUT2D eigenvalue weighted by molar-refractivity contribution is -0.125. The molecule has 24 heavy (non-hydrogen) atoms. The third kappa shape index (κ3) is 6.26. The number of benzene rings is 1. The molecule has 5 nitrogen and oxygen atoms in total. The smallest absolute Gasteiger partial charge is 0.231 e. The van der Waals surface area contributed by atoms with Crippen LogP contribution in [0.25, 0.3) is 0 Å². The van der Waals surface area contributed by atoms with E-state index in [1.807, 2.05) is 30.3 Å². The number of amides is 1. The maximum atomic E-state index is 12.1. The molecule has 1 aromatic heterocycles. The zero-order valence-corrected chi connectivity index (χ0v) is 16.0. The van der Waals surface area contributed by atoms with Crippen LogP contribution in [0.15, 0.2) is 39.0 Å². The maximum absolute atomic E-state index is 12.1. The van der Waals surface area contributed by atoms with Gasteiger partial charge in [0.15, 0.2) is 14.5 Å². The number of thioether (sulfide) groups is 2. The summed E-state index contributed by atoms with van der Waals surface area (Å²) in [6, 6.07) is 9.17. The van der Waals surface area contributed by atoms with Crippen LogP contribution >= 0.6 is 34.9 Å². The summed E-state index contributed by atoms with van der Waals surface area (Å²) < 4.78 is 1.68. The van der Waals surface area contributed by atoms with Crippen molar-refractivity contribution in [1.82, 2.24) is 15.5 Å². The molecule has 0 bridgehead atoms. The van der Waals surface area contributed by atoms with Gasteiger partial charge >= 0.3 is 0 Å². The molecule has 8 heteroatoms. The molecule has 0 unspecified atom stereocenters. The van der Waals surface area contributed by atoms with Gasteiger partial charge in [-0.25, -0.2) is 0 Å². The molecule has 1 heterocycles. The van der Waals surface area contributed by atoms with Crippen molar-refractivity contribution in [2.75, 3.05) is 11.5 Å². The number of nitrogens with one attached hydrogen (secondary N) is 1. The largest absolute Gasteiger partial charge is 0.345 e. The normalized spacial score (nSPS) is 11.9. The standard InChI is InChI=1S/C16H19N3O2S3/c1-3-22-15-18-19-16(24-15)23-10-14(21)17-13(11(2)20)9-12-7-5-4-6-8-12/h4-8,13H,3,9-10H2,1-2H3,(H,17,21)/t13-/m0/s1. The van der Waals surface area contributed by atoms with E-state index in [9.17, 15) is 9.59 Å². The third-order valence-corrected chi connectivity index (χ3v) is 6.16. The molecule has 0 radical (unpaired) electrons. The van der Waals surface area contributed by atoms with E-state index in [0.29, 0.717) is 6.42 Å². The van der Waals surface area contributed by atoms with E-state index in [1.54, 1.807) is 11.8 Å². The summed E-state index contributed by atoms with van der Waals surface area (Å²) in [5.74, 6) is 0.953. The predicted octanol–water partition coefficient (Wildman–Crippen LogP) is 3.06. The molecule has 1 amide bonds. The lowest BCUT2D eigenvalue weighted by Gasteiger charge is -2.15. The van der Waals surface area contributed by atoms with Gasteiger partial charge in [-0.3, -0.25) is 9.59 Å². The summed E-state index contributed by atoms with van der Waals surface area (Å²) in [5.41, 5.74) is 1.02. The Balaban J connectivity index is 1.85. The molecule has 1 aromatic carbocycles. The van der Waals surface area contributed by atoms with E-state index in [-0.39, 0.29) is 17.4 Å². The summed E-state index contributed by atoms with van der Waals surface area (Å²) >= 11 is 4.46. The van der Waals surface area contributed by atoms with Crippen molar-refractivity contribution in [3.63, 3.8) is 0 Å². The van der Waals surface area contributed by atoms with E-state index in [4.69, 9.17) is 0 Å². The average molecular weight is 382 g/mol. The van der Waals surface area contributed by atoms with Crippen LogP contribution in [-0.4, -0.2) is 39.4 Å². The van der Waals surface area contributed by atoms with Crippen LogP contribution in [0.5, 0.6) is 0 Å². The molecule has 2 aromatic rings. The first kappa shape index (κ1) is 19.0. The minimum Gasteiger partial charge on any atom is -0.345 e. The minimum absolute atomic E-state index is 0.0465. The fourth-order valence-corrected chi connectivity index (χ4v) is 4.68. The van der Waals surface area contributed by atoms with Crippen molar-refractivity contribution < 1.29 is 9.59 Å². The van der Waals surface area contributed by atoms with Crippen LogP contribution in [0, 0.1) is 0 Å². The first-order valence-corrected chi connectivity index (χ1v) is 10.3. The van der Waals surface area contributed by atoms with Crippen molar-refractivity contribution in [3.8, 4) is 0 Å². The summed E-state index contributed by atoms with van der Waals surface area (Å²) in [6.07, 6.45) is 0.503. The number of rotatable bonds is 9. The highest BCUT2D eigenvalue weighted by molar-refractivity contribution is 8.03. The molecule has 0 saturated heterocycles. The third-order valence-electron chi connectivity index (χ3n) is 3.09. The van der Waals surface area contributed by atoms with Crippen molar-refractivity contribution in [2.45, 2.75) is 35.0 Å². The number of Topliss-reactive ketones (excluding diaryl/α,β-unsaturated/α-hetero) is 1. The fourth-order valence-electron chi connectivity index (χ4n) is 1.95. The van der Waals surface area contributed by atoms with E-state index < -0.39 is 6.04 Å². The topological polar surface area (TPSA) is 72.0 Å². The Kier molecular flexibility index (Phi) is 7.74. The number of aromatic nitrogens is 2. The van der Waals surface area contributed by atoms with Crippen molar-refractivity contribution in [1.29, 1.82) is 0 Å². The summed E-state index contributed by atoms with van der Waals surface area (Å²) in [7, 11) is 0. The van der Waals surface area contributed by atoms with Crippen molar-refractivity contribution >= 4 is 46.6 Å². The second kappa shape index (κ2) is 9.80. The predicted molar refractivity (Wildman–Crippen MR) is 99.8 cm³/mol. The monoisotopic (exact) mass is 381 g/mol. The van der Waals surface area contributed by atoms with E-state index in [1.165, 1.54) is 30.0 Å². The zero-order valence-electron chi connectivity index (χ0n) is 13.5. The molecular formula is C16H19N3O2S3. The molecule has 0 aliphatic carbocycles. The molecule has 0 aliphatic rings. The van der Waals surface area contributed by atoms with Crippen molar-refractivity contribution in [2.24, 2.45) is 0 Å². The van der Waals surface area contributed by atoms with Gasteiger partial charge in [-0.05, 0) is 24.7 Å². The Morgan fingerprint density at radius 1 is 1.17 bits per heavy atom. The SMILES string of the molecule is CCSc1nnc(SCC(=O)N[C@@H](Cc2ccccc2)C(C)=O)s1. The molecule has 0 saturated carbocycles. The van der Waals surface area contributed by atoms with Gasteiger partial charge in [0.05, 0.1) is 11.8 Å². The van der Waals surface area contributed by atoms with E-state index in [0.717, 1.165) is 20.0 Å². The van der Waals surface area contributed by atoms with Crippen LogP contribution in [0.4, 0.5) is 0 Å². The quantitative estimate of drug-likeness (QED) is 0.673. The summed E-state index contributed by atoms with van der Waals surface area (Å²) in [6.45, 7) is 3.56. The molecule has 128 valence electrons. The summed E-state index contributed by atoms with van der Waals surface area (Å²) in [4.78, 5) is 23.9. The lowest BCUT2D eigenvalue weighted by Crippen LogP contribution is -2.42. The lowest BCUT2D eigenvalue weighted by atomic mass is 10.0. The molecular weight excluding hydrogens is 362 g/mol. The number of hydrogen-bond donors (Lipinski definition) is 1. The number of nitrogens with zero attached hydrogens (tertiary/aromatic N) is 2. The van der Waals surface area contributed by atoms with Gasteiger partial charge in [-0.1, -0.05) is 72.1 Å². The zero-order chi connectivity index (χ0) is 17.4. The molecule has 0 spiro atoms. The van der Waals surface area contributed by atoms with Crippen LogP contribution in [0.1, 0.15) is 19.4 Å². The molecule has 0 aliphatic heterocycles. The highest BCUT2D eigenvalue weighted by Gasteiger charge is 2.18. The van der Waals surface area contributed by atoms with Gasteiger partial charge in [-0.2, -0.15) is 0 Å². The number of carbonyl (C=O) groups excluding carboxylic acids is 2. The number of hydrogen-bond acceptors (Lipinski definition) is 7. The van der Waals surface area contributed by atoms with Gasteiger partial charge in [0, 0.05) is 0 Å². The van der Waals surface area contributed by atoms with Crippen LogP contribution in [-0.2, 0) is 16.0 Å². The Bertz CT molecular complexity index is 676. The molecule has 0 fully saturated rings. The first-order chi connectivity index (χ1) is 11.6. The van der Waals surface area contributed by atoms with E-state index >= 15 is 0 Å². The van der Waals surface area contributed by atoms with Crippen LogP contribution < -0.4 is 5.32 Å². The van der Waals surface area contributed by atoms with Gasteiger partial charge in [0.1, 0.15) is 0 Å². The highest BCUT2D eigenvalue weighted by atomic mass is 32.2. The molecule has 1 atom stereocenters. The molecule has 2 rings (SSSR count). The first-order valence-electron chi connectivity index (χ1n) is 7.51. The highest BCUT2D eigenvalue weighted by Crippen LogP contribution is 2.28. The van der Waals surface area contributed by atoms with Gasteiger partial charge in [0.25, 0.3) is 0 Å². The maximum Gasteiger partial charge on any atom is 0.231 e.